The van der Waals surface area contributed by atoms with Crippen LogP contribution in [0.15, 0.2) is 42.6 Å². The SMILES string of the molecule is Cc1ccc(CNC(=O)c2cccc(CN)c2)cn1. The zero-order valence-electron chi connectivity index (χ0n) is 10.9. The zero-order valence-corrected chi connectivity index (χ0v) is 10.9. The number of hydrogen-bond acceptors (Lipinski definition) is 3. The first-order valence-corrected chi connectivity index (χ1v) is 6.18. The van der Waals surface area contributed by atoms with Gasteiger partial charge in [0.05, 0.1) is 0 Å². The summed E-state index contributed by atoms with van der Waals surface area (Å²) in [4.78, 5) is 16.2. The van der Waals surface area contributed by atoms with Gasteiger partial charge < -0.3 is 11.1 Å². The van der Waals surface area contributed by atoms with Gasteiger partial charge in [-0.05, 0) is 36.2 Å². The van der Waals surface area contributed by atoms with Crippen LogP contribution in [-0.2, 0) is 13.1 Å². The van der Waals surface area contributed by atoms with Crippen LogP contribution in [-0.4, -0.2) is 10.9 Å². The summed E-state index contributed by atoms with van der Waals surface area (Å²) in [5, 5.41) is 2.87. The van der Waals surface area contributed by atoms with Crippen LogP contribution in [0.25, 0.3) is 0 Å². The van der Waals surface area contributed by atoms with Crippen molar-refractivity contribution in [3.8, 4) is 0 Å². The lowest BCUT2D eigenvalue weighted by Gasteiger charge is -2.06. The molecule has 0 unspecified atom stereocenters. The zero-order chi connectivity index (χ0) is 13.7. The number of nitrogens with zero attached hydrogens (tertiary/aromatic N) is 1. The highest BCUT2D eigenvalue weighted by Gasteiger charge is 2.05. The van der Waals surface area contributed by atoms with Crippen molar-refractivity contribution in [2.45, 2.75) is 20.0 Å². The van der Waals surface area contributed by atoms with E-state index in [0.717, 1.165) is 16.8 Å². The first-order valence-electron chi connectivity index (χ1n) is 6.18. The number of carbonyl (C=O) groups is 1. The fourth-order valence-electron chi connectivity index (χ4n) is 1.73. The molecular weight excluding hydrogens is 238 g/mol. The highest BCUT2D eigenvalue weighted by molar-refractivity contribution is 5.94. The second-order valence-electron chi connectivity index (χ2n) is 4.40. The van der Waals surface area contributed by atoms with Crippen LogP contribution >= 0.6 is 0 Å². The molecule has 1 heterocycles. The molecule has 0 radical (unpaired) electrons. The molecule has 0 saturated heterocycles. The van der Waals surface area contributed by atoms with E-state index < -0.39 is 0 Å². The van der Waals surface area contributed by atoms with Crippen LogP contribution in [0.3, 0.4) is 0 Å². The van der Waals surface area contributed by atoms with Crippen LogP contribution in [0, 0.1) is 6.92 Å². The Labute approximate surface area is 112 Å². The summed E-state index contributed by atoms with van der Waals surface area (Å²) >= 11 is 0. The molecule has 0 atom stereocenters. The summed E-state index contributed by atoms with van der Waals surface area (Å²) in [5.41, 5.74) is 9.08. The summed E-state index contributed by atoms with van der Waals surface area (Å²) in [6, 6.07) is 11.2. The van der Waals surface area contributed by atoms with Crippen LogP contribution in [0.4, 0.5) is 0 Å². The Kier molecular flexibility index (Phi) is 4.26. The largest absolute Gasteiger partial charge is 0.348 e. The smallest absolute Gasteiger partial charge is 0.251 e. The summed E-state index contributed by atoms with van der Waals surface area (Å²) < 4.78 is 0. The second-order valence-corrected chi connectivity index (χ2v) is 4.40. The predicted octanol–water partition coefficient (Wildman–Crippen LogP) is 1.78. The summed E-state index contributed by atoms with van der Waals surface area (Å²) in [6.45, 7) is 2.84. The van der Waals surface area contributed by atoms with Crippen LogP contribution in [0.2, 0.25) is 0 Å². The molecule has 2 rings (SSSR count). The topological polar surface area (TPSA) is 68.0 Å². The molecule has 3 N–H and O–H groups in total. The maximum Gasteiger partial charge on any atom is 0.251 e. The van der Waals surface area contributed by atoms with Crippen molar-refractivity contribution in [1.82, 2.24) is 10.3 Å². The van der Waals surface area contributed by atoms with Crippen molar-refractivity contribution in [3.63, 3.8) is 0 Å². The molecule has 0 aliphatic rings. The number of carbonyl (C=O) groups excluding carboxylic acids is 1. The number of aromatic nitrogens is 1. The number of nitrogens with one attached hydrogen (secondary N) is 1. The molecular formula is C15H17N3O. The van der Waals surface area contributed by atoms with Crippen LogP contribution < -0.4 is 11.1 Å². The van der Waals surface area contributed by atoms with E-state index in [9.17, 15) is 4.79 Å². The Balaban J connectivity index is 1.99. The Morgan fingerprint density at radius 1 is 1.26 bits per heavy atom. The highest BCUT2D eigenvalue weighted by Crippen LogP contribution is 2.05. The standard InChI is InChI=1S/C15H17N3O/c1-11-5-6-13(9-17-11)10-18-15(19)14-4-2-3-12(7-14)8-16/h2-7,9H,8,10,16H2,1H3,(H,18,19). The molecule has 0 aliphatic heterocycles. The lowest BCUT2D eigenvalue weighted by molar-refractivity contribution is 0.0951. The average Bonchev–Trinajstić information content (AvgIpc) is 2.46. The first kappa shape index (κ1) is 13.2. The number of rotatable bonds is 4. The third-order valence-corrected chi connectivity index (χ3v) is 2.85. The van der Waals surface area contributed by atoms with Gasteiger partial charge in [-0.1, -0.05) is 18.2 Å². The van der Waals surface area contributed by atoms with Crippen LogP contribution in [0.1, 0.15) is 27.2 Å². The molecule has 0 fully saturated rings. The lowest BCUT2D eigenvalue weighted by Crippen LogP contribution is -2.23. The second kappa shape index (κ2) is 6.11. The van der Waals surface area contributed by atoms with Crippen molar-refractivity contribution < 1.29 is 4.79 Å². The number of benzene rings is 1. The summed E-state index contributed by atoms with van der Waals surface area (Å²) in [6.07, 6.45) is 1.77. The van der Waals surface area contributed by atoms with Crippen LogP contribution in [0.5, 0.6) is 0 Å². The van der Waals surface area contributed by atoms with E-state index in [4.69, 9.17) is 5.73 Å². The molecule has 0 aliphatic carbocycles. The molecule has 4 nitrogen and oxygen atoms in total. The van der Waals surface area contributed by atoms with Gasteiger partial charge in [-0.2, -0.15) is 0 Å². The van der Waals surface area contributed by atoms with Gasteiger partial charge in [-0.25, -0.2) is 0 Å². The van der Waals surface area contributed by atoms with Crippen molar-refractivity contribution in [2.75, 3.05) is 0 Å². The maximum atomic E-state index is 12.0. The number of nitrogens with two attached hydrogens (primary N) is 1. The fraction of sp³-hybridized carbons (Fsp3) is 0.200. The molecule has 1 amide bonds. The molecule has 98 valence electrons. The van der Waals surface area contributed by atoms with Crippen molar-refractivity contribution in [1.29, 1.82) is 0 Å². The van der Waals surface area contributed by atoms with Crippen molar-refractivity contribution in [2.24, 2.45) is 5.73 Å². The minimum atomic E-state index is -0.101. The van der Waals surface area contributed by atoms with Gasteiger partial charge in [0, 0.05) is 30.5 Å². The number of hydrogen-bond donors (Lipinski definition) is 2. The third kappa shape index (κ3) is 3.63. The molecule has 2 aromatic rings. The average molecular weight is 255 g/mol. The number of amides is 1. The Bertz CT molecular complexity index is 564. The minimum Gasteiger partial charge on any atom is -0.348 e. The molecule has 4 heteroatoms. The van der Waals surface area contributed by atoms with Gasteiger partial charge in [0.1, 0.15) is 0 Å². The maximum absolute atomic E-state index is 12.0. The predicted molar refractivity (Wildman–Crippen MR) is 74.5 cm³/mol. The van der Waals surface area contributed by atoms with E-state index in [1.165, 1.54) is 0 Å². The molecule has 0 spiro atoms. The third-order valence-electron chi connectivity index (χ3n) is 2.85. The lowest BCUT2D eigenvalue weighted by atomic mass is 10.1. The number of aryl methyl sites for hydroxylation is 1. The normalized spacial score (nSPS) is 10.2. The van der Waals surface area contributed by atoms with Gasteiger partial charge >= 0.3 is 0 Å². The van der Waals surface area contributed by atoms with Gasteiger partial charge in [0.15, 0.2) is 0 Å². The van der Waals surface area contributed by atoms with E-state index in [-0.39, 0.29) is 5.91 Å². The van der Waals surface area contributed by atoms with Gasteiger partial charge in [-0.3, -0.25) is 9.78 Å². The monoisotopic (exact) mass is 255 g/mol. The molecule has 0 saturated carbocycles. The van der Waals surface area contributed by atoms with Gasteiger partial charge in [0.2, 0.25) is 0 Å². The minimum absolute atomic E-state index is 0.101. The van der Waals surface area contributed by atoms with E-state index in [1.54, 1.807) is 12.3 Å². The first-order chi connectivity index (χ1) is 9.19. The Hall–Kier alpha value is -2.20. The van der Waals surface area contributed by atoms with E-state index >= 15 is 0 Å². The Morgan fingerprint density at radius 2 is 2.11 bits per heavy atom. The van der Waals surface area contributed by atoms with E-state index in [2.05, 4.69) is 10.3 Å². The molecule has 1 aromatic carbocycles. The quantitative estimate of drug-likeness (QED) is 0.875. The summed E-state index contributed by atoms with van der Waals surface area (Å²) in [7, 11) is 0. The highest BCUT2D eigenvalue weighted by atomic mass is 16.1. The Morgan fingerprint density at radius 3 is 2.79 bits per heavy atom. The fourth-order valence-corrected chi connectivity index (χ4v) is 1.73. The molecule has 0 bridgehead atoms. The molecule has 1 aromatic heterocycles. The number of pyridine rings is 1. The summed E-state index contributed by atoms with van der Waals surface area (Å²) in [5.74, 6) is -0.101. The van der Waals surface area contributed by atoms with E-state index in [0.29, 0.717) is 18.7 Å². The van der Waals surface area contributed by atoms with E-state index in [1.807, 2.05) is 37.3 Å². The van der Waals surface area contributed by atoms with Gasteiger partial charge in [-0.15, -0.1) is 0 Å². The molecule has 19 heavy (non-hydrogen) atoms. The van der Waals surface area contributed by atoms with Crippen molar-refractivity contribution in [3.05, 3.63) is 65.0 Å². The van der Waals surface area contributed by atoms with Gasteiger partial charge in [0.25, 0.3) is 5.91 Å². The van der Waals surface area contributed by atoms with Crippen molar-refractivity contribution >= 4 is 5.91 Å².